The highest BCUT2D eigenvalue weighted by molar-refractivity contribution is 5.88. The number of methoxy groups -OCH3 is 1. The summed E-state index contributed by atoms with van der Waals surface area (Å²) in [6, 6.07) is 17.5. The van der Waals surface area contributed by atoms with E-state index in [0.717, 1.165) is 11.3 Å². The highest BCUT2D eigenvalue weighted by Gasteiger charge is 2.08. The Morgan fingerprint density at radius 2 is 1.76 bits per heavy atom. The molecule has 0 fully saturated rings. The van der Waals surface area contributed by atoms with Crippen molar-refractivity contribution >= 4 is 11.7 Å². The number of hydrogen-bond acceptors (Lipinski definition) is 3. The van der Waals surface area contributed by atoms with Gasteiger partial charge in [-0.3, -0.25) is 0 Å². The largest absolute Gasteiger partial charge is 0.459 e. The summed E-state index contributed by atoms with van der Waals surface area (Å²) >= 11 is 0. The molecule has 0 amide bonds. The van der Waals surface area contributed by atoms with Gasteiger partial charge in [-0.05, 0) is 24.6 Å². The van der Waals surface area contributed by atoms with Crippen molar-refractivity contribution in [3.8, 4) is 11.8 Å². The maximum Gasteiger partial charge on any atom is 0.384 e. The van der Waals surface area contributed by atoms with Crippen LogP contribution < -0.4 is 5.32 Å². The van der Waals surface area contributed by atoms with E-state index in [1.54, 1.807) is 0 Å². The molecule has 21 heavy (non-hydrogen) atoms. The Hall–Kier alpha value is -2.73. The van der Waals surface area contributed by atoms with Crippen LogP contribution in [0.2, 0.25) is 0 Å². The lowest BCUT2D eigenvalue weighted by molar-refractivity contribution is -0.133. The number of hydrogen-bond donors (Lipinski definition) is 1. The zero-order valence-corrected chi connectivity index (χ0v) is 12.1. The third kappa shape index (κ3) is 4.39. The van der Waals surface area contributed by atoms with Gasteiger partial charge in [-0.1, -0.05) is 53.9 Å². The van der Waals surface area contributed by atoms with Crippen LogP contribution in [0.5, 0.6) is 0 Å². The smallest absolute Gasteiger partial charge is 0.384 e. The van der Waals surface area contributed by atoms with Crippen LogP contribution in [0.3, 0.4) is 0 Å². The molecule has 2 rings (SSSR count). The van der Waals surface area contributed by atoms with E-state index in [9.17, 15) is 4.79 Å². The Balaban J connectivity index is 2.25. The van der Waals surface area contributed by atoms with Gasteiger partial charge < -0.3 is 10.1 Å². The molecular formula is C18H17NO2. The van der Waals surface area contributed by atoms with Crippen molar-refractivity contribution in [1.29, 1.82) is 0 Å². The number of aryl methyl sites for hydroxylation is 1. The average Bonchev–Trinajstić information content (AvgIpc) is 2.53. The first-order valence-corrected chi connectivity index (χ1v) is 6.66. The number of esters is 1. The summed E-state index contributed by atoms with van der Waals surface area (Å²) in [5.41, 5.74) is 3.14. The van der Waals surface area contributed by atoms with Crippen LogP contribution >= 0.6 is 0 Å². The van der Waals surface area contributed by atoms with Gasteiger partial charge in [-0.15, -0.1) is 0 Å². The number of benzene rings is 2. The predicted molar refractivity (Wildman–Crippen MR) is 83.8 cm³/mol. The van der Waals surface area contributed by atoms with Crippen molar-refractivity contribution in [2.45, 2.75) is 13.0 Å². The Morgan fingerprint density at radius 3 is 2.38 bits per heavy atom. The lowest BCUT2D eigenvalue weighted by atomic mass is 10.1. The van der Waals surface area contributed by atoms with E-state index in [0.29, 0.717) is 0 Å². The third-order valence-electron chi connectivity index (χ3n) is 3.00. The molecule has 0 aromatic heterocycles. The molecule has 3 nitrogen and oxygen atoms in total. The van der Waals surface area contributed by atoms with Crippen molar-refractivity contribution < 1.29 is 9.53 Å². The van der Waals surface area contributed by atoms with Crippen LogP contribution in [0.4, 0.5) is 5.69 Å². The lowest BCUT2D eigenvalue weighted by Crippen LogP contribution is -2.09. The molecule has 0 saturated heterocycles. The molecule has 0 radical (unpaired) electrons. The van der Waals surface area contributed by atoms with Gasteiger partial charge in [-0.25, -0.2) is 4.79 Å². The van der Waals surface area contributed by atoms with Crippen molar-refractivity contribution in [3.05, 3.63) is 65.7 Å². The molecule has 1 unspecified atom stereocenters. The van der Waals surface area contributed by atoms with Gasteiger partial charge >= 0.3 is 5.97 Å². The standard InChI is InChI=1S/C18H17NO2/c1-14-8-10-16(11-9-14)19-17(12-13-18(20)21-2)15-6-4-3-5-7-15/h3-11,17,19H,1-2H3. The number of ether oxygens (including phenoxy) is 1. The highest BCUT2D eigenvalue weighted by Crippen LogP contribution is 2.19. The summed E-state index contributed by atoms with van der Waals surface area (Å²) in [4.78, 5) is 11.2. The quantitative estimate of drug-likeness (QED) is 0.532. The van der Waals surface area contributed by atoms with Gasteiger partial charge in [-0.2, -0.15) is 0 Å². The zero-order valence-electron chi connectivity index (χ0n) is 12.1. The second kappa shape index (κ2) is 7.16. The molecular weight excluding hydrogens is 262 g/mol. The van der Waals surface area contributed by atoms with E-state index in [4.69, 9.17) is 0 Å². The lowest BCUT2D eigenvalue weighted by Gasteiger charge is -2.15. The van der Waals surface area contributed by atoms with E-state index in [-0.39, 0.29) is 6.04 Å². The summed E-state index contributed by atoms with van der Waals surface area (Å²) in [5.74, 6) is 4.86. The summed E-state index contributed by atoms with van der Waals surface area (Å²) in [5, 5.41) is 3.32. The van der Waals surface area contributed by atoms with Gasteiger partial charge in [0.15, 0.2) is 0 Å². The number of nitrogens with one attached hydrogen (secondary N) is 1. The fraction of sp³-hybridized carbons (Fsp3) is 0.167. The Morgan fingerprint density at radius 1 is 1.10 bits per heavy atom. The molecule has 2 aromatic carbocycles. The summed E-state index contributed by atoms with van der Waals surface area (Å²) in [6.45, 7) is 2.04. The summed E-state index contributed by atoms with van der Waals surface area (Å²) < 4.78 is 4.56. The molecule has 0 spiro atoms. The van der Waals surface area contributed by atoms with E-state index in [1.165, 1.54) is 12.7 Å². The number of carbonyl (C=O) groups excluding carboxylic acids is 1. The molecule has 106 valence electrons. The maximum absolute atomic E-state index is 11.2. The Bertz CT molecular complexity index is 651. The van der Waals surface area contributed by atoms with Crippen LogP contribution in [-0.4, -0.2) is 13.1 Å². The minimum atomic E-state index is -0.540. The first-order valence-electron chi connectivity index (χ1n) is 6.66. The van der Waals surface area contributed by atoms with Crippen molar-refractivity contribution in [2.75, 3.05) is 12.4 Å². The molecule has 0 bridgehead atoms. The van der Waals surface area contributed by atoms with Gasteiger partial charge in [0.2, 0.25) is 0 Å². The SMILES string of the molecule is COC(=O)C#CC(Nc1ccc(C)cc1)c1ccccc1. The molecule has 0 heterocycles. The predicted octanol–water partition coefficient (Wildman–Crippen LogP) is 3.32. The van der Waals surface area contributed by atoms with Crippen LogP contribution in [-0.2, 0) is 9.53 Å². The van der Waals surface area contributed by atoms with Crippen LogP contribution in [0.15, 0.2) is 54.6 Å². The highest BCUT2D eigenvalue weighted by atomic mass is 16.5. The monoisotopic (exact) mass is 279 g/mol. The van der Waals surface area contributed by atoms with E-state index >= 15 is 0 Å². The average molecular weight is 279 g/mol. The first-order chi connectivity index (χ1) is 10.2. The first kappa shape index (κ1) is 14.7. The Kier molecular flexibility index (Phi) is 5.00. The third-order valence-corrected chi connectivity index (χ3v) is 3.00. The Labute approximate surface area is 125 Å². The van der Waals surface area contributed by atoms with Crippen molar-refractivity contribution in [3.63, 3.8) is 0 Å². The van der Waals surface area contributed by atoms with E-state index in [2.05, 4.69) is 21.9 Å². The van der Waals surface area contributed by atoms with E-state index < -0.39 is 5.97 Å². The minimum Gasteiger partial charge on any atom is -0.459 e. The fourth-order valence-corrected chi connectivity index (χ4v) is 1.85. The number of carbonyl (C=O) groups is 1. The maximum atomic E-state index is 11.2. The summed E-state index contributed by atoms with van der Waals surface area (Å²) in [7, 11) is 1.32. The molecule has 3 heteroatoms. The van der Waals surface area contributed by atoms with Gasteiger partial charge in [0, 0.05) is 11.6 Å². The molecule has 0 saturated carbocycles. The molecule has 1 atom stereocenters. The van der Waals surface area contributed by atoms with Crippen LogP contribution in [0.25, 0.3) is 0 Å². The van der Waals surface area contributed by atoms with Crippen molar-refractivity contribution in [1.82, 2.24) is 0 Å². The summed E-state index contributed by atoms with van der Waals surface area (Å²) in [6.07, 6.45) is 0. The molecule has 1 N–H and O–H groups in total. The van der Waals surface area contributed by atoms with Crippen LogP contribution in [0, 0.1) is 18.8 Å². The second-order valence-electron chi connectivity index (χ2n) is 4.61. The molecule has 2 aromatic rings. The van der Waals surface area contributed by atoms with E-state index in [1.807, 2.05) is 61.5 Å². The van der Waals surface area contributed by atoms with Gasteiger partial charge in [0.05, 0.1) is 7.11 Å². The minimum absolute atomic E-state index is 0.270. The fourth-order valence-electron chi connectivity index (χ4n) is 1.85. The number of anilines is 1. The normalized spacial score (nSPS) is 11.0. The molecule has 0 aliphatic rings. The zero-order chi connectivity index (χ0) is 15.1. The number of rotatable bonds is 3. The molecule has 0 aliphatic carbocycles. The molecule has 0 aliphatic heterocycles. The van der Waals surface area contributed by atoms with Gasteiger partial charge in [0.1, 0.15) is 6.04 Å². The second-order valence-corrected chi connectivity index (χ2v) is 4.61. The van der Waals surface area contributed by atoms with Crippen LogP contribution in [0.1, 0.15) is 17.2 Å². The van der Waals surface area contributed by atoms with Gasteiger partial charge in [0.25, 0.3) is 0 Å². The topological polar surface area (TPSA) is 38.3 Å². The van der Waals surface area contributed by atoms with Crippen molar-refractivity contribution in [2.24, 2.45) is 0 Å².